The van der Waals surface area contributed by atoms with Gasteiger partial charge >= 0.3 is 0 Å². The van der Waals surface area contributed by atoms with Crippen LogP contribution in [0.3, 0.4) is 0 Å². The van der Waals surface area contributed by atoms with E-state index in [-0.39, 0.29) is 5.78 Å². The second-order valence-electron chi connectivity index (χ2n) is 3.80. The molecule has 1 atom stereocenters. The molecule has 0 amide bonds. The van der Waals surface area contributed by atoms with Crippen LogP contribution in [0, 0.1) is 0 Å². The van der Waals surface area contributed by atoms with Gasteiger partial charge in [-0.3, -0.25) is 0 Å². The fourth-order valence-electron chi connectivity index (χ4n) is 1.63. The van der Waals surface area contributed by atoms with Gasteiger partial charge < -0.3 is 14.4 Å². The number of likely N-dealkylation sites (N-methyl/N-ethyl adjacent to an activating group) is 1. The van der Waals surface area contributed by atoms with Crippen LogP contribution in [-0.2, 0) is 9.53 Å². The monoisotopic (exact) mass is 185 g/mol. The lowest BCUT2D eigenvalue weighted by Gasteiger charge is -2.22. The second kappa shape index (κ2) is 5.35. The van der Waals surface area contributed by atoms with Gasteiger partial charge in [0.15, 0.2) is 0 Å². The normalized spacial score (nSPS) is 22.5. The molecule has 0 N–H and O–H groups in total. The second-order valence-corrected chi connectivity index (χ2v) is 3.80. The van der Waals surface area contributed by atoms with E-state index in [0.29, 0.717) is 12.5 Å². The van der Waals surface area contributed by atoms with Gasteiger partial charge in [0, 0.05) is 19.1 Å². The van der Waals surface area contributed by atoms with Crippen LogP contribution in [0.15, 0.2) is 0 Å². The van der Waals surface area contributed by atoms with Gasteiger partial charge in [-0.25, -0.2) is 0 Å². The Morgan fingerprint density at radius 2 is 2.38 bits per heavy atom. The standard InChI is InChI=1S/C10H19NO2/c1-9(12)4-3-6-11(2)10-5-7-13-8-10/h10H,3-8H2,1-2H3. The van der Waals surface area contributed by atoms with E-state index in [9.17, 15) is 4.79 Å². The first-order chi connectivity index (χ1) is 6.20. The molecular formula is C10H19NO2. The number of nitrogens with zero attached hydrogens (tertiary/aromatic N) is 1. The van der Waals surface area contributed by atoms with Crippen molar-refractivity contribution in [1.29, 1.82) is 0 Å². The summed E-state index contributed by atoms with van der Waals surface area (Å²) in [4.78, 5) is 13.0. The largest absolute Gasteiger partial charge is 0.380 e. The van der Waals surface area contributed by atoms with Crippen LogP contribution >= 0.6 is 0 Å². The maximum absolute atomic E-state index is 10.7. The molecule has 0 aromatic carbocycles. The summed E-state index contributed by atoms with van der Waals surface area (Å²) in [6, 6.07) is 0.576. The van der Waals surface area contributed by atoms with Crippen molar-refractivity contribution in [3.05, 3.63) is 0 Å². The molecule has 0 aromatic heterocycles. The molecular weight excluding hydrogens is 166 g/mol. The molecule has 0 saturated carbocycles. The summed E-state index contributed by atoms with van der Waals surface area (Å²) >= 11 is 0. The molecule has 1 heterocycles. The molecule has 1 aliphatic rings. The summed E-state index contributed by atoms with van der Waals surface area (Å²) in [5.74, 6) is 0.288. The van der Waals surface area contributed by atoms with Gasteiger partial charge in [-0.2, -0.15) is 0 Å². The Kier molecular flexibility index (Phi) is 4.39. The lowest BCUT2D eigenvalue weighted by molar-refractivity contribution is -0.117. The van der Waals surface area contributed by atoms with Crippen molar-refractivity contribution in [2.24, 2.45) is 0 Å². The number of ketones is 1. The molecule has 1 aliphatic heterocycles. The van der Waals surface area contributed by atoms with Gasteiger partial charge in [-0.1, -0.05) is 0 Å². The zero-order valence-corrected chi connectivity index (χ0v) is 8.58. The number of carbonyl (C=O) groups excluding carboxylic acids is 1. The Labute approximate surface area is 80.1 Å². The summed E-state index contributed by atoms with van der Waals surface area (Å²) < 4.78 is 5.30. The zero-order chi connectivity index (χ0) is 9.68. The minimum absolute atomic E-state index is 0.288. The number of hydrogen-bond acceptors (Lipinski definition) is 3. The summed E-state index contributed by atoms with van der Waals surface area (Å²) in [5.41, 5.74) is 0. The van der Waals surface area contributed by atoms with Gasteiger partial charge in [0.2, 0.25) is 0 Å². The van der Waals surface area contributed by atoms with Crippen molar-refractivity contribution < 1.29 is 9.53 Å². The highest BCUT2D eigenvalue weighted by Crippen LogP contribution is 2.10. The van der Waals surface area contributed by atoms with E-state index in [1.54, 1.807) is 6.92 Å². The molecule has 1 unspecified atom stereocenters. The first-order valence-corrected chi connectivity index (χ1v) is 4.97. The fraction of sp³-hybridized carbons (Fsp3) is 0.900. The molecule has 1 rings (SSSR count). The van der Waals surface area contributed by atoms with Crippen LogP contribution < -0.4 is 0 Å². The van der Waals surface area contributed by atoms with E-state index in [4.69, 9.17) is 4.74 Å². The van der Waals surface area contributed by atoms with Crippen LogP contribution in [0.4, 0.5) is 0 Å². The van der Waals surface area contributed by atoms with E-state index in [1.165, 1.54) is 0 Å². The van der Waals surface area contributed by atoms with E-state index >= 15 is 0 Å². The maximum atomic E-state index is 10.7. The molecule has 0 bridgehead atoms. The van der Waals surface area contributed by atoms with Crippen molar-refractivity contribution in [3.8, 4) is 0 Å². The summed E-state index contributed by atoms with van der Waals surface area (Å²) in [5, 5.41) is 0. The van der Waals surface area contributed by atoms with Crippen molar-refractivity contribution in [1.82, 2.24) is 4.90 Å². The number of Topliss-reactive ketones (excluding diaryl/α,β-unsaturated/α-hetero) is 1. The molecule has 0 radical (unpaired) electrons. The minimum atomic E-state index is 0.288. The predicted octanol–water partition coefficient (Wildman–Crippen LogP) is 1.08. The molecule has 3 heteroatoms. The quantitative estimate of drug-likeness (QED) is 0.642. The van der Waals surface area contributed by atoms with Gasteiger partial charge in [0.05, 0.1) is 6.61 Å². The van der Waals surface area contributed by atoms with Crippen LogP contribution in [0.1, 0.15) is 26.2 Å². The average molecular weight is 185 g/mol. The molecule has 1 saturated heterocycles. The Morgan fingerprint density at radius 3 is 2.92 bits per heavy atom. The van der Waals surface area contributed by atoms with E-state index in [0.717, 1.165) is 32.6 Å². The molecule has 0 aromatic rings. The highest BCUT2D eigenvalue weighted by atomic mass is 16.5. The Morgan fingerprint density at radius 1 is 1.62 bits per heavy atom. The van der Waals surface area contributed by atoms with Crippen molar-refractivity contribution >= 4 is 5.78 Å². The molecule has 76 valence electrons. The molecule has 1 fully saturated rings. The Hall–Kier alpha value is -0.410. The van der Waals surface area contributed by atoms with Crippen LogP contribution in [0.2, 0.25) is 0 Å². The first kappa shape index (κ1) is 10.7. The Bertz CT molecular complexity index is 164. The predicted molar refractivity (Wildman–Crippen MR) is 51.8 cm³/mol. The zero-order valence-electron chi connectivity index (χ0n) is 8.58. The van der Waals surface area contributed by atoms with E-state index in [2.05, 4.69) is 11.9 Å². The Balaban J connectivity index is 2.09. The SMILES string of the molecule is CC(=O)CCCN(C)C1CCOC1. The molecule has 3 nitrogen and oxygen atoms in total. The average Bonchev–Trinajstić information content (AvgIpc) is 2.55. The van der Waals surface area contributed by atoms with Gasteiger partial charge in [0.25, 0.3) is 0 Å². The lowest BCUT2D eigenvalue weighted by Crippen LogP contribution is -2.32. The number of carbonyl (C=O) groups is 1. The number of rotatable bonds is 5. The maximum Gasteiger partial charge on any atom is 0.129 e. The smallest absolute Gasteiger partial charge is 0.129 e. The van der Waals surface area contributed by atoms with Crippen LogP contribution in [0.25, 0.3) is 0 Å². The molecule has 13 heavy (non-hydrogen) atoms. The highest BCUT2D eigenvalue weighted by Gasteiger charge is 2.19. The highest BCUT2D eigenvalue weighted by molar-refractivity contribution is 5.75. The number of hydrogen-bond donors (Lipinski definition) is 0. The molecule has 0 spiro atoms. The van der Waals surface area contributed by atoms with Crippen molar-refractivity contribution in [3.63, 3.8) is 0 Å². The third-order valence-electron chi connectivity index (χ3n) is 2.57. The van der Waals surface area contributed by atoms with E-state index in [1.807, 2.05) is 0 Å². The number of ether oxygens (including phenoxy) is 1. The van der Waals surface area contributed by atoms with Crippen molar-refractivity contribution in [2.45, 2.75) is 32.2 Å². The minimum Gasteiger partial charge on any atom is -0.380 e. The first-order valence-electron chi connectivity index (χ1n) is 4.97. The van der Waals surface area contributed by atoms with E-state index < -0.39 is 0 Å². The fourth-order valence-corrected chi connectivity index (χ4v) is 1.63. The summed E-state index contributed by atoms with van der Waals surface area (Å²) in [7, 11) is 2.11. The summed E-state index contributed by atoms with van der Waals surface area (Å²) in [6.45, 7) is 4.41. The molecule has 0 aliphatic carbocycles. The third kappa shape index (κ3) is 3.87. The van der Waals surface area contributed by atoms with Crippen LogP contribution in [0.5, 0.6) is 0 Å². The lowest BCUT2D eigenvalue weighted by atomic mass is 10.2. The third-order valence-corrected chi connectivity index (χ3v) is 2.57. The summed E-state index contributed by atoms with van der Waals surface area (Å²) in [6.07, 6.45) is 2.82. The van der Waals surface area contributed by atoms with Gasteiger partial charge in [-0.05, 0) is 33.4 Å². The van der Waals surface area contributed by atoms with Gasteiger partial charge in [-0.15, -0.1) is 0 Å². The van der Waals surface area contributed by atoms with Crippen LogP contribution in [-0.4, -0.2) is 43.5 Å². The van der Waals surface area contributed by atoms with Crippen molar-refractivity contribution in [2.75, 3.05) is 26.8 Å². The van der Waals surface area contributed by atoms with Gasteiger partial charge in [0.1, 0.15) is 5.78 Å². The topological polar surface area (TPSA) is 29.5 Å².